The van der Waals surface area contributed by atoms with Crippen LogP contribution in [0.3, 0.4) is 0 Å². The maximum atomic E-state index is 14.0. The molecular formula is C28H30Br2N2O6. The molecule has 4 rings (SSSR count). The third-order valence-electron chi connectivity index (χ3n) is 6.20. The number of carbonyl (C=O) groups is 2. The maximum absolute atomic E-state index is 14.0. The summed E-state index contributed by atoms with van der Waals surface area (Å²) >= 11 is 6.95. The molecule has 0 aliphatic carbocycles. The molecule has 0 spiro atoms. The Morgan fingerprint density at radius 3 is 1.29 bits per heavy atom. The van der Waals surface area contributed by atoms with E-state index in [0.29, 0.717) is 75.3 Å². The Kier molecular flexibility index (Phi) is 10.3. The topological polar surface area (TPSA) is 77.5 Å². The van der Waals surface area contributed by atoms with Crippen LogP contribution >= 0.6 is 31.9 Å². The van der Waals surface area contributed by atoms with E-state index in [4.69, 9.17) is 18.9 Å². The minimum Gasteiger partial charge on any atom is -0.382 e. The van der Waals surface area contributed by atoms with Gasteiger partial charge in [0.05, 0.1) is 62.2 Å². The molecule has 2 heterocycles. The molecule has 0 bridgehead atoms. The summed E-state index contributed by atoms with van der Waals surface area (Å²) in [6, 6.07) is 15.2. The summed E-state index contributed by atoms with van der Waals surface area (Å²) in [7, 11) is 3.22. The van der Waals surface area contributed by atoms with E-state index in [1.54, 1.807) is 24.0 Å². The molecule has 0 saturated heterocycles. The smallest absolute Gasteiger partial charge is 0.261 e. The maximum Gasteiger partial charge on any atom is 0.261 e. The fourth-order valence-corrected chi connectivity index (χ4v) is 4.97. The average Bonchev–Trinajstić information content (AvgIpc) is 3.36. The van der Waals surface area contributed by atoms with Gasteiger partial charge in [-0.15, -0.1) is 0 Å². The predicted molar refractivity (Wildman–Crippen MR) is 151 cm³/mol. The van der Waals surface area contributed by atoms with Crippen molar-refractivity contribution in [3.05, 3.63) is 79.7 Å². The molecule has 10 heteroatoms. The van der Waals surface area contributed by atoms with E-state index in [0.717, 1.165) is 20.1 Å². The quantitative estimate of drug-likeness (QED) is 0.284. The molecule has 0 fully saturated rings. The van der Waals surface area contributed by atoms with Gasteiger partial charge in [0, 0.05) is 36.3 Å². The van der Waals surface area contributed by atoms with Crippen molar-refractivity contribution in [1.29, 1.82) is 0 Å². The van der Waals surface area contributed by atoms with Crippen molar-refractivity contribution < 1.29 is 28.5 Å². The average molecular weight is 650 g/mol. The standard InChI is InChI=1S/C28H30Br2N2O6/c1-35-15-17-37-13-11-31-25(19-3-7-21(29)8-4-19)23-24(27(31)33)26(20-5-9-22(30)10-6-20)32(28(23)34)12-14-38-18-16-36-2/h3-10H,11-18H2,1-2H3. The minimum atomic E-state index is -0.220. The number of hydrogen-bond acceptors (Lipinski definition) is 6. The molecule has 8 nitrogen and oxygen atoms in total. The first-order valence-electron chi connectivity index (χ1n) is 12.3. The second-order valence-corrected chi connectivity index (χ2v) is 10.4. The van der Waals surface area contributed by atoms with Crippen molar-refractivity contribution in [2.45, 2.75) is 0 Å². The van der Waals surface area contributed by atoms with Crippen LogP contribution in [0.5, 0.6) is 0 Å². The first-order chi connectivity index (χ1) is 18.5. The highest BCUT2D eigenvalue weighted by molar-refractivity contribution is 9.10. The molecular weight excluding hydrogens is 620 g/mol. The van der Waals surface area contributed by atoms with Crippen LogP contribution in [0.15, 0.2) is 68.6 Å². The molecule has 0 unspecified atom stereocenters. The number of nitrogens with zero attached hydrogens (tertiary/aromatic N) is 2. The first-order valence-corrected chi connectivity index (χ1v) is 13.8. The van der Waals surface area contributed by atoms with Gasteiger partial charge < -0.3 is 28.7 Å². The van der Waals surface area contributed by atoms with Gasteiger partial charge >= 0.3 is 0 Å². The number of amides is 2. The van der Waals surface area contributed by atoms with Crippen molar-refractivity contribution in [1.82, 2.24) is 9.80 Å². The van der Waals surface area contributed by atoms with E-state index >= 15 is 0 Å². The van der Waals surface area contributed by atoms with Crippen molar-refractivity contribution in [3.63, 3.8) is 0 Å². The SMILES string of the molecule is COCCOCCN1C(=O)C2=C(c3ccc(Br)cc3)N(CCOCCOC)C(=O)C2=C1c1ccc(Br)cc1. The highest BCUT2D eigenvalue weighted by Crippen LogP contribution is 2.46. The number of ether oxygens (including phenoxy) is 4. The molecule has 2 amide bonds. The molecule has 2 aliphatic rings. The third kappa shape index (κ3) is 6.27. The number of carbonyl (C=O) groups excluding carboxylic acids is 2. The Balaban J connectivity index is 1.77. The Hall–Kier alpha value is -2.34. The van der Waals surface area contributed by atoms with E-state index in [9.17, 15) is 9.59 Å². The van der Waals surface area contributed by atoms with Crippen LogP contribution < -0.4 is 0 Å². The number of hydrogen-bond donors (Lipinski definition) is 0. The fourth-order valence-electron chi connectivity index (χ4n) is 4.44. The Bertz CT molecular complexity index is 1120. The number of benzene rings is 2. The molecule has 38 heavy (non-hydrogen) atoms. The summed E-state index contributed by atoms with van der Waals surface area (Å²) in [6.07, 6.45) is 0. The van der Waals surface area contributed by atoms with Crippen molar-refractivity contribution >= 4 is 55.1 Å². The lowest BCUT2D eigenvalue weighted by Gasteiger charge is -2.25. The summed E-state index contributed by atoms with van der Waals surface area (Å²) < 4.78 is 23.3. The number of halogens is 2. The van der Waals surface area contributed by atoms with Crippen LogP contribution in [0, 0.1) is 0 Å². The lowest BCUT2D eigenvalue weighted by atomic mass is 10.0. The van der Waals surface area contributed by atoms with Gasteiger partial charge in [0.2, 0.25) is 0 Å². The van der Waals surface area contributed by atoms with Crippen molar-refractivity contribution in [2.75, 3.05) is 67.0 Å². The zero-order chi connectivity index (χ0) is 27.1. The van der Waals surface area contributed by atoms with Crippen LogP contribution in [0.1, 0.15) is 11.1 Å². The van der Waals surface area contributed by atoms with Crippen LogP contribution in [0.2, 0.25) is 0 Å². The molecule has 0 N–H and O–H groups in total. The van der Waals surface area contributed by atoms with Gasteiger partial charge in [0.25, 0.3) is 11.8 Å². The molecule has 0 saturated carbocycles. The summed E-state index contributed by atoms with van der Waals surface area (Å²) in [5.74, 6) is -0.440. The van der Waals surface area contributed by atoms with Crippen LogP contribution in [-0.4, -0.2) is 88.6 Å². The molecule has 2 aliphatic heterocycles. The van der Waals surface area contributed by atoms with E-state index < -0.39 is 0 Å². The molecule has 2 aromatic rings. The van der Waals surface area contributed by atoms with Crippen molar-refractivity contribution in [3.8, 4) is 0 Å². The third-order valence-corrected chi connectivity index (χ3v) is 7.26. The molecule has 202 valence electrons. The minimum absolute atomic E-state index is 0.220. The highest BCUT2D eigenvalue weighted by Gasteiger charge is 2.48. The van der Waals surface area contributed by atoms with E-state index in [1.165, 1.54) is 0 Å². The second kappa shape index (κ2) is 13.6. The Morgan fingerprint density at radius 1 is 0.579 bits per heavy atom. The van der Waals surface area contributed by atoms with Crippen molar-refractivity contribution in [2.24, 2.45) is 0 Å². The normalized spacial score (nSPS) is 15.4. The van der Waals surface area contributed by atoms with Crippen LogP contribution in [0.25, 0.3) is 11.4 Å². The molecule has 0 atom stereocenters. The fraction of sp³-hybridized carbons (Fsp3) is 0.357. The monoisotopic (exact) mass is 648 g/mol. The molecule has 0 radical (unpaired) electrons. The zero-order valence-electron chi connectivity index (χ0n) is 21.4. The van der Waals surface area contributed by atoms with Gasteiger partial charge in [0.15, 0.2) is 0 Å². The van der Waals surface area contributed by atoms with Crippen LogP contribution in [-0.2, 0) is 28.5 Å². The summed E-state index contributed by atoms with van der Waals surface area (Å²) in [6.45, 7) is 3.02. The zero-order valence-corrected chi connectivity index (χ0v) is 24.5. The highest BCUT2D eigenvalue weighted by atomic mass is 79.9. The lowest BCUT2D eigenvalue weighted by molar-refractivity contribution is -0.124. The summed E-state index contributed by atoms with van der Waals surface area (Å²) in [4.78, 5) is 31.3. The Morgan fingerprint density at radius 2 is 0.947 bits per heavy atom. The predicted octanol–water partition coefficient (Wildman–Crippen LogP) is 4.34. The first kappa shape index (κ1) is 28.7. The van der Waals surface area contributed by atoms with Gasteiger partial charge in [0.1, 0.15) is 0 Å². The number of methoxy groups -OCH3 is 2. The van der Waals surface area contributed by atoms with Gasteiger partial charge in [-0.2, -0.15) is 0 Å². The second-order valence-electron chi connectivity index (χ2n) is 8.58. The molecule has 0 aromatic heterocycles. The number of rotatable bonds is 14. The van der Waals surface area contributed by atoms with E-state index in [-0.39, 0.29) is 11.8 Å². The summed E-state index contributed by atoms with van der Waals surface area (Å²) in [5, 5.41) is 0. The van der Waals surface area contributed by atoms with Gasteiger partial charge in [-0.25, -0.2) is 0 Å². The van der Waals surface area contributed by atoms with E-state index in [2.05, 4.69) is 31.9 Å². The van der Waals surface area contributed by atoms with Crippen LogP contribution in [0.4, 0.5) is 0 Å². The van der Waals surface area contributed by atoms with Gasteiger partial charge in [-0.1, -0.05) is 56.1 Å². The Labute approximate surface area is 239 Å². The summed E-state index contributed by atoms with van der Waals surface area (Å²) in [5.41, 5.74) is 3.56. The lowest BCUT2D eigenvalue weighted by Crippen LogP contribution is -2.33. The largest absolute Gasteiger partial charge is 0.382 e. The van der Waals surface area contributed by atoms with Gasteiger partial charge in [-0.05, 0) is 35.4 Å². The number of fused-ring (bicyclic) bond motifs is 1. The molecule has 2 aromatic carbocycles. The van der Waals surface area contributed by atoms with E-state index in [1.807, 2.05) is 48.5 Å². The van der Waals surface area contributed by atoms with Gasteiger partial charge in [-0.3, -0.25) is 9.59 Å².